The molecule has 1 saturated heterocycles. The third kappa shape index (κ3) is 2.25. The summed E-state index contributed by atoms with van der Waals surface area (Å²) in [4.78, 5) is 14.0. The predicted molar refractivity (Wildman–Crippen MR) is 71.0 cm³/mol. The highest BCUT2D eigenvalue weighted by Gasteiger charge is 2.43. The first-order valence-electron chi connectivity index (χ1n) is 6.90. The number of aryl methyl sites for hydroxylation is 1. The fraction of sp³-hybridized carbons (Fsp3) is 0.533. The van der Waals surface area contributed by atoms with Gasteiger partial charge in [0, 0.05) is 24.1 Å². The summed E-state index contributed by atoms with van der Waals surface area (Å²) >= 11 is 0. The first-order chi connectivity index (χ1) is 9.08. The highest BCUT2D eigenvalue weighted by molar-refractivity contribution is 5.78. The molecule has 3 nitrogen and oxygen atoms in total. The molecule has 0 aromatic heterocycles. The van der Waals surface area contributed by atoms with Gasteiger partial charge in [0.05, 0.1) is 6.04 Å². The van der Waals surface area contributed by atoms with E-state index in [2.05, 4.69) is 0 Å². The summed E-state index contributed by atoms with van der Waals surface area (Å²) < 4.78 is 14.1. The van der Waals surface area contributed by atoms with Crippen molar-refractivity contribution in [1.82, 2.24) is 4.90 Å². The van der Waals surface area contributed by atoms with Crippen LogP contribution in [0.1, 0.15) is 42.9 Å². The third-order valence-electron chi connectivity index (χ3n) is 4.10. The van der Waals surface area contributed by atoms with E-state index in [1.54, 1.807) is 6.07 Å². The minimum Gasteiger partial charge on any atom is -0.331 e. The predicted octanol–water partition coefficient (Wildman–Crippen LogP) is 2.29. The molecule has 0 bridgehead atoms. The first-order valence-corrected chi connectivity index (χ1v) is 6.90. The Morgan fingerprint density at radius 2 is 2.05 bits per heavy atom. The van der Waals surface area contributed by atoms with Gasteiger partial charge < -0.3 is 10.6 Å². The molecule has 3 rings (SSSR count). The Labute approximate surface area is 112 Å². The summed E-state index contributed by atoms with van der Waals surface area (Å²) in [5, 5.41) is 0. The van der Waals surface area contributed by atoms with Gasteiger partial charge in [-0.2, -0.15) is 0 Å². The molecule has 4 heteroatoms. The number of piperidine rings is 1. The van der Waals surface area contributed by atoms with Crippen LogP contribution in [0.15, 0.2) is 18.2 Å². The highest BCUT2D eigenvalue weighted by Crippen LogP contribution is 2.40. The van der Waals surface area contributed by atoms with E-state index in [-0.39, 0.29) is 29.8 Å². The number of carbonyl (C=O) groups is 1. The summed E-state index contributed by atoms with van der Waals surface area (Å²) in [6.07, 6.45) is 3.16. The van der Waals surface area contributed by atoms with Crippen molar-refractivity contribution >= 4 is 5.91 Å². The summed E-state index contributed by atoms with van der Waals surface area (Å²) in [6.45, 7) is 1.93. The lowest BCUT2D eigenvalue weighted by atomic mass is 9.89. The van der Waals surface area contributed by atoms with Crippen LogP contribution in [0.3, 0.4) is 0 Å². The number of hydrogen-bond acceptors (Lipinski definition) is 2. The quantitative estimate of drug-likeness (QED) is 0.889. The average molecular weight is 262 g/mol. The van der Waals surface area contributed by atoms with Gasteiger partial charge in [-0.1, -0.05) is 17.7 Å². The number of likely N-dealkylation sites (tertiary alicyclic amines) is 1. The van der Waals surface area contributed by atoms with Crippen LogP contribution in [-0.2, 0) is 4.79 Å². The monoisotopic (exact) mass is 262 g/mol. The highest BCUT2D eigenvalue weighted by atomic mass is 19.1. The molecule has 0 radical (unpaired) electrons. The molecule has 0 spiro atoms. The number of rotatable bonds is 2. The van der Waals surface area contributed by atoms with Crippen LogP contribution < -0.4 is 5.73 Å². The zero-order valence-electron chi connectivity index (χ0n) is 11.1. The normalized spacial score (nSPS) is 27.7. The summed E-state index contributed by atoms with van der Waals surface area (Å²) in [7, 11) is 0. The molecular weight excluding hydrogens is 243 g/mol. The molecule has 2 fully saturated rings. The number of nitrogens with zero attached hydrogens (tertiary/aromatic N) is 1. The molecule has 1 amide bonds. The van der Waals surface area contributed by atoms with Crippen molar-refractivity contribution < 1.29 is 9.18 Å². The van der Waals surface area contributed by atoms with Crippen LogP contribution >= 0.6 is 0 Å². The smallest absolute Gasteiger partial charge is 0.223 e. The lowest BCUT2D eigenvalue weighted by Crippen LogP contribution is -2.50. The minimum atomic E-state index is -0.298. The van der Waals surface area contributed by atoms with E-state index >= 15 is 0 Å². The van der Waals surface area contributed by atoms with E-state index in [0.717, 1.165) is 18.4 Å². The lowest BCUT2D eigenvalue weighted by Gasteiger charge is -2.40. The Hall–Kier alpha value is -1.42. The van der Waals surface area contributed by atoms with Gasteiger partial charge in [0.25, 0.3) is 0 Å². The van der Waals surface area contributed by atoms with Crippen LogP contribution in [0.25, 0.3) is 0 Å². The van der Waals surface area contributed by atoms with Crippen molar-refractivity contribution in [1.29, 1.82) is 0 Å². The molecule has 2 aliphatic rings. The van der Waals surface area contributed by atoms with Crippen LogP contribution in [0.2, 0.25) is 0 Å². The first kappa shape index (κ1) is 12.6. The molecule has 1 aromatic carbocycles. The molecule has 2 atom stereocenters. The fourth-order valence-electron chi connectivity index (χ4n) is 2.99. The zero-order chi connectivity index (χ0) is 13.6. The Kier molecular flexibility index (Phi) is 3.05. The number of carbonyl (C=O) groups excluding carboxylic acids is 1. The van der Waals surface area contributed by atoms with Crippen molar-refractivity contribution in [3.8, 4) is 0 Å². The molecule has 1 saturated carbocycles. The lowest BCUT2D eigenvalue weighted by molar-refractivity contribution is -0.138. The minimum absolute atomic E-state index is 0.120. The van der Waals surface area contributed by atoms with E-state index in [1.807, 2.05) is 17.9 Å². The Morgan fingerprint density at radius 3 is 2.74 bits per heavy atom. The molecule has 102 valence electrons. The summed E-state index contributed by atoms with van der Waals surface area (Å²) in [5.74, 6) is -0.137. The van der Waals surface area contributed by atoms with E-state index < -0.39 is 0 Å². The summed E-state index contributed by atoms with van der Waals surface area (Å²) in [6, 6.07) is 4.85. The van der Waals surface area contributed by atoms with Crippen molar-refractivity contribution in [3.63, 3.8) is 0 Å². The average Bonchev–Trinajstić information content (AvgIpc) is 3.19. The Balaban J connectivity index is 2.02. The Morgan fingerprint density at radius 1 is 1.32 bits per heavy atom. The molecule has 2 unspecified atom stereocenters. The van der Waals surface area contributed by atoms with E-state index in [4.69, 9.17) is 5.73 Å². The van der Waals surface area contributed by atoms with Gasteiger partial charge in [0.1, 0.15) is 5.82 Å². The second-order valence-corrected chi connectivity index (χ2v) is 5.70. The van der Waals surface area contributed by atoms with Gasteiger partial charge >= 0.3 is 0 Å². The largest absolute Gasteiger partial charge is 0.331 e. The SMILES string of the molecule is Cc1ccc(F)c(C2C(N)CCC(=O)N2C2CC2)c1. The van der Waals surface area contributed by atoms with Gasteiger partial charge in [-0.05, 0) is 32.3 Å². The molecule has 1 aliphatic heterocycles. The van der Waals surface area contributed by atoms with Crippen LogP contribution in [0.4, 0.5) is 4.39 Å². The molecule has 2 N–H and O–H groups in total. The number of amides is 1. The fourth-order valence-corrected chi connectivity index (χ4v) is 2.99. The van der Waals surface area contributed by atoms with Gasteiger partial charge in [-0.25, -0.2) is 4.39 Å². The van der Waals surface area contributed by atoms with Gasteiger partial charge in [0.15, 0.2) is 0 Å². The van der Waals surface area contributed by atoms with Crippen molar-refractivity contribution in [2.75, 3.05) is 0 Å². The van der Waals surface area contributed by atoms with Crippen molar-refractivity contribution in [2.24, 2.45) is 5.73 Å². The maximum absolute atomic E-state index is 14.1. The van der Waals surface area contributed by atoms with Gasteiger partial charge in [-0.3, -0.25) is 4.79 Å². The van der Waals surface area contributed by atoms with Crippen molar-refractivity contribution in [3.05, 3.63) is 35.1 Å². The van der Waals surface area contributed by atoms with Crippen LogP contribution in [0.5, 0.6) is 0 Å². The number of benzene rings is 1. The zero-order valence-corrected chi connectivity index (χ0v) is 11.1. The van der Waals surface area contributed by atoms with E-state index in [1.165, 1.54) is 6.07 Å². The maximum atomic E-state index is 14.1. The van der Waals surface area contributed by atoms with Gasteiger partial charge in [0.2, 0.25) is 5.91 Å². The van der Waals surface area contributed by atoms with Gasteiger partial charge in [-0.15, -0.1) is 0 Å². The van der Waals surface area contributed by atoms with Crippen molar-refractivity contribution in [2.45, 2.75) is 50.7 Å². The Bertz CT molecular complexity index is 513. The molecule has 1 aromatic rings. The number of nitrogens with two attached hydrogens (primary N) is 1. The maximum Gasteiger partial charge on any atom is 0.223 e. The summed E-state index contributed by atoms with van der Waals surface area (Å²) in [5.41, 5.74) is 7.76. The number of halogens is 1. The van der Waals surface area contributed by atoms with E-state index in [9.17, 15) is 9.18 Å². The molecule has 1 heterocycles. The molecule has 19 heavy (non-hydrogen) atoms. The second kappa shape index (κ2) is 4.60. The van der Waals surface area contributed by atoms with Crippen LogP contribution in [0, 0.1) is 12.7 Å². The number of hydrogen-bond donors (Lipinski definition) is 1. The topological polar surface area (TPSA) is 46.3 Å². The standard InChI is InChI=1S/C15H19FN2O/c1-9-2-5-12(16)11(8-9)15-13(17)6-7-14(19)18(15)10-3-4-10/h2,5,8,10,13,15H,3-4,6-7,17H2,1H3. The second-order valence-electron chi connectivity index (χ2n) is 5.70. The third-order valence-corrected chi connectivity index (χ3v) is 4.10. The molecule has 1 aliphatic carbocycles. The van der Waals surface area contributed by atoms with Crippen LogP contribution in [-0.4, -0.2) is 22.9 Å². The molecular formula is C15H19FN2O. The van der Waals surface area contributed by atoms with E-state index in [0.29, 0.717) is 18.4 Å².